The molecule has 0 saturated carbocycles. The summed E-state index contributed by atoms with van der Waals surface area (Å²) in [5, 5.41) is 5.10. The first kappa shape index (κ1) is 18.0. The van der Waals surface area contributed by atoms with Crippen LogP contribution in [0.5, 0.6) is 0 Å². The number of benzene rings is 1. The predicted octanol–water partition coefficient (Wildman–Crippen LogP) is 1.89. The second-order valence-corrected chi connectivity index (χ2v) is 6.25. The van der Waals surface area contributed by atoms with Gasteiger partial charge in [-0.3, -0.25) is 14.0 Å². The van der Waals surface area contributed by atoms with Gasteiger partial charge in [-0.15, -0.1) is 0 Å². The molecule has 1 aromatic rings. The topological polar surface area (TPSA) is 76.0 Å². The Morgan fingerprint density at radius 1 is 1.50 bits per heavy atom. The van der Waals surface area contributed by atoms with Crippen molar-refractivity contribution in [3.05, 3.63) is 40.7 Å². The van der Waals surface area contributed by atoms with Crippen molar-refractivity contribution in [3.8, 4) is 0 Å². The van der Waals surface area contributed by atoms with Crippen molar-refractivity contribution in [1.29, 1.82) is 0 Å². The third-order valence-electron chi connectivity index (χ3n) is 2.83. The van der Waals surface area contributed by atoms with E-state index in [2.05, 4.69) is 11.8 Å². The lowest BCUT2D eigenvalue weighted by Gasteiger charge is -2.21. The average Bonchev–Trinajstić information content (AvgIpc) is 2.45. The van der Waals surface area contributed by atoms with Crippen LogP contribution in [-0.2, 0) is 14.3 Å². The molecule has 22 heavy (non-hydrogen) atoms. The predicted molar refractivity (Wildman–Crippen MR) is 82.5 cm³/mol. The summed E-state index contributed by atoms with van der Waals surface area (Å²) < 4.78 is 40.2. The minimum atomic E-state index is -3.62. The fourth-order valence-corrected chi connectivity index (χ4v) is 2.25. The number of aldehydes is 1. The third kappa shape index (κ3) is 4.74. The summed E-state index contributed by atoms with van der Waals surface area (Å²) in [4.78, 5) is 11.2. The number of rotatable bonds is 7. The lowest BCUT2D eigenvalue weighted by molar-refractivity contribution is 0.112. The first-order valence-electron chi connectivity index (χ1n) is 6.19. The number of hydrogen-bond donors (Lipinski definition) is 0. The van der Waals surface area contributed by atoms with Gasteiger partial charge in [0.1, 0.15) is 5.82 Å². The molecule has 0 aliphatic rings. The van der Waals surface area contributed by atoms with E-state index in [0.29, 0.717) is 23.1 Å². The molecule has 0 saturated heterocycles. The second kappa shape index (κ2) is 7.28. The monoisotopic (exact) mass is 328 g/mol. The lowest BCUT2D eigenvalue weighted by atomic mass is 10.0. The molecule has 0 aromatic heterocycles. The van der Waals surface area contributed by atoms with Gasteiger partial charge >= 0.3 is 0 Å². The summed E-state index contributed by atoms with van der Waals surface area (Å²) in [5.74, 6) is -0.551. The van der Waals surface area contributed by atoms with Gasteiger partial charge in [-0.1, -0.05) is 0 Å². The minimum Gasteiger partial charge on any atom is -0.298 e. The van der Waals surface area contributed by atoms with E-state index in [1.165, 1.54) is 17.1 Å². The van der Waals surface area contributed by atoms with Crippen LogP contribution in [0, 0.1) is 5.82 Å². The molecule has 0 heterocycles. The molecule has 0 N–H and O–H groups in total. The molecule has 8 heteroatoms. The third-order valence-corrected chi connectivity index (χ3v) is 3.37. The summed E-state index contributed by atoms with van der Waals surface area (Å²) in [6.45, 7) is 4.80. The summed E-state index contributed by atoms with van der Waals surface area (Å²) in [6, 6.07) is 3.70. The standard InChI is InChI=1S/C14H17FN2O4S/c1-10(9-21-22(4,19)20)14(17(3)16-2)13-6-5-12(15)7-11(13)8-18/h5-8H,2,9H2,1,3-4H3/b14-10+. The van der Waals surface area contributed by atoms with Gasteiger partial charge in [-0.25, -0.2) is 4.39 Å². The van der Waals surface area contributed by atoms with Crippen molar-refractivity contribution in [1.82, 2.24) is 5.01 Å². The molecular formula is C14H17FN2O4S. The summed E-state index contributed by atoms with van der Waals surface area (Å²) in [5.41, 5.74) is 1.43. The maximum atomic E-state index is 13.3. The van der Waals surface area contributed by atoms with E-state index in [0.717, 1.165) is 12.3 Å². The first-order valence-corrected chi connectivity index (χ1v) is 8.01. The molecule has 0 amide bonds. The van der Waals surface area contributed by atoms with Crippen LogP contribution in [-0.4, -0.2) is 46.3 Å². The summed E-state index contributed by atoms with van der Waals surface area (Å²) >= 11 is 0. The number of carbonyl (C=O) groups excluding carboxylic acids is 1. The van der Waals surface area contributed by atoms with E-state index < -0.39 is 15.9 Å². The van der Waals surface area contributed by atoms with E-state index in [1.807, 2.05) is 0 Å². The highest BCUT2D eigenvalue weighted by Crippen LogP contribution is 2.26. The van der Waals surface area contributed by atoms with Crippen LogP contribution in [0.15, 0.2) is 28.9 Å². The second-order valence-electron chi connectivity index (χ2n) is 4.61. The lowest BCUT2D eigenvalue weighted by Crippen LogP contribution is -2.15. The maximum absolute atomic E-state index is 13.3. The molecule has 0 spiro atoms. The van der Waals surface area contributed by atoms with Gasteiger partial charge in [0.15, 0.2) is 6.29 Å². The van der Waals surface area contributed by atoms with E-state index in [1.54, 1.807) is 14.0 Å². The van der Waals surface area contributed by atoms with Crippen LogP contribution < -0.4 is 0 Å². The largest absolute Gasteiger partial charge is 0.298 e. The minimum absolute atomic E-state index is 0.115. The highest BCUT2D eigenvalue weighted by atomic mass is 32.2. The number of halogens is 1. The maximum Gasteiger partial charge on any atom is 0.264 e. The average molecular weight is 328 g/mol. The molecule has 1 rings (SSSR count). The van der Waals surface area contributed by atoms with Crippen molar-refractivity contribution in [3.63, 3.8) is 0 Å². The first-order chi connectivity index (χ1) is 10.2. The zero-order chi connectivity index (χ0) is 16.9. The quantitative estimate of drug-likeness (QED) is 0.331. The number of hydrogen-bond acceptors (Lipinski definition) is 6. The Hall–Kier alpha value is -2.06. The van der Waals surface area contributed by atoms with E-state index >= 15 is 0 Å². The van der Waals surface area contributed by atoms with E-state index in [-0.39, 0.29) is 12.2 Å². The van der Waals surface area contributed by atoms with E-state index in [4.69, 9.17) is 4.18 Å². The van der Waals surface area contributed by atoms with Crippen molar-refractivity contribution in [2.45, 2.75) is 6.92 Å². The normalized spacial score (nSPS) is 12.5. The Morgan fingerprint density at radius 2 is 2.14 bits per heavy atom. The molecule has 0 bridgehead atoms. The Kier molecular flexibility index (Phi) is 5.95. The highest BCUT2D eigenvalue weighted by molar-refractivity contribution is 7.86. The summed E-state index contributed by atoms with van der Waals surface area (Å²) in [7, 11) is -2.04. The molecule has 0 fully saturated rings. The molecular weight excluding hydrogens is 311 g/mol. The smallest absolute Gasteiger partial charge is 0.264 e. The highest BCUT2D eigenvalue weighted by Gasteiger charge is 2.16. The van der Waals surface area contributed by atoms with Crippen LogP contribution >= 0.6 is 0 Å². The fraction of sp³-hybridized carbons (Fsp3) is 0.286. The van der Waals surface area contributed by atoms with Crippen molar-refractivity contribution >= 4 is 28.8 Å². The van der Waals surface area contributed by atoms with E-state index in [9.17, 15) is 17.6 Å². The van der Waals surface area contributed by atoms with Crippen LogP contribution in [0.25, 0.3) is 5.70 Å². The Bertz CT molecular complexity index is 714. The van der Waals surface area contributed by atoms with Gasteiger partial charge in [-0.2, -0.15) is 13.5 Å². The molecule has 0 radical (unpaired) electrons. The van der Waals surface area contributed by atoms with Gasteiger partial charge in [-0.05, 0) is 30.7 Å². The van der Waals surface area contributed by atoms with Crippen LogP contribution in [0.3, 0.4) is 0 Å². The molecule has 0 atom stereocenters. The van der Waals surface area contributed by atoms with Crippen LogP contribution in [0.1, 0.15) is 22.8 Å². The van der Waals surface area contributed by atoms with Crippen molar-refractivity contribution in [2.24, 2.45) is 5.10 Å². The fourth-order valence-electron chi connectivity index (χ4n) is 1.86. The van der Waals surface area contributed by atoms with Gasteiger partial charge in [0.2, 0.25) is 0 Å². The number of hydrazone groups is 1. The van der Waals surface area contributed by atoms with Crippen LogP contribution in [0.4, 0.5) is 4.39 Å². The molecule has 0 unspecified atom stereocenters. The molecule has 0 aliphatic carbocycles. The van der Waals surface area contributed by atoms with Gasteiger partial charge in [0.05, 0.1) is 18.6 Å². The molecule has 6 nitrogen and oxygen atoms in total. The Balaban J connectivity index is 3.41. The van der Waals surface area contributed by atoms with Crippen LogP contribution in [0.2, 0.25) is 0 Å². The van der Waals surface area contributed by atoms with Crippen molar-refractivity contribution in [2.75, 3.05) is 19.9 Å². The summed E-state index contributed by atoms with van der Waals surface area (Å²) in [6.07, 6.45) is 1.45. The molecule has 0 aliphatic heterocycles. The van der Waals surface area contributed by atoms with Crippen molar-refractivity contribution < 1.29 is 21.8 Å². The SMILES string of the molecule is C=NN(C)/C(=C(\C)COS(C)(=O)=O)c1ccc(F)cc1C=O. The number of carbonyl (C=O) groups is 1. The Morgan fingerprint density at radius 3 is 2.64 bits per heavy atom. The van der Waals surface area contributed by atoms with Gasteiger partial charge in [0.25, 0.3) is 10.1 Å². The molecule has 120 valence electrons. The zero-order valence-corrected chi connectivity index (χ0v) is 13.4. The molecule has 1 aromatic carbocycles. The van der Waals surface area contributed by atoms with Gasteiger partial charge < -0.3 is 0 Å². The Labute approximate surface area is 129 Å². The zero-order valence-electron chi connectivity index (χ0n) is 12.5. The number of nitrogens with zero attached hydrogens (tertiary/aromatic N) is 2. The van der Waals surface area contributed by atoms with Gasteiger partial charge in [0, 0.05) is 24.9 Å².